The third-order valence-corrected chi connectivity index (χ3v) is 3.90. The Balaban J connectivity index is 2.56. The quantitative estimate of drug-likeness (QED) is 0.536. The summed E-state index contributed by atoms with van der Waals surface area (Å²) in [6.07, 6.45) is 8.01. The van der Waals surface area contributed by atoms with Crippen LogP contribution in [0.15, 0.2) is 23.8 Å². The van der Waals surface area contributed by atoms with Crippen LogP contribution in [-0.4, -0.2) is 19.0 Å². The number of hydrogen-bond acceptors (Lipinski definition) is 0. The maximum absolute atomic E-state index is 2.34. The highest BCUT2D eigenvalue weighted by Gasteiger charge is 2.10. The summed E-state index contributed by atoms with van der Waals surface area (Å²) in [6, 6.07) is 0. The standard InChI is InChI=1S/C9H15P/c1-8(10(2)3)9-6-4-5-7-9/h4,6-8H,5H2,1-3H3. The maximum atomic E-state index is 2.34. The van der Waals surface area contributed by atoms with Gasteiger partial charge in [0.25, 0.3) is 0 Å². The Morgan fingerprint density at radius 3 is 2.60 bits per heavy atom. The van der Waals surface area contributed by atoms with Crippen molar-refractivity contribution in [1.29, 1.82) is 0 Å². The molecule has 10 heavy (non-hydrogen) atoms. The molecule has 1 aliphatic carbocycles. The van der Waals surface area contributed by atoms with Gasteiger partial charge in [-0.1, -0.05) is 25.2 Å². The molecule has 0 saturated carbocycles. The van der Waals surface area contributed by atoms with Gasteiger partial charge in [0.1, 0.15) is 0 Å². The first kappa shape index (κ1) is 8.01. The molecule has 0 aromatic rings. The summed E-state index contributed by atoms with van der Waals surface area (Å²) >= 11 is 0. The molecule has 0 radical (unpaired) electrons. The number of hydrogen-bond donors (Lipinski definition) is 0. The highest BCUT2D eigenvalue weighted by molar-refractivity contribution is 7.57. The second-order valence-electron chi connectivity index (χ2n) is 2.98. The lowest BCUT2D eigenvalue weighted by atomic mass is 10.2. The Hall–Kier alpha value is -0.0900. The van der Waals surface area contributed by atoms with E-state index in [1.54, 1.807) is 5.57 Å². The van der Waals surface area contributed by atoms with Crippen LogP contribution in [0, 0.1) is 0 Å². The van der Waals surface area contributed by atoms with E-state index in [4.69, 9.17) is 0 Å². The second-order valence-corrected chi connectivity index (χ2v) is 5.68. The van der Waals surface area contributed by atoms with Crippen molar-refractivity contribution in [2.75, 3.05) is 13.3 Å². The lowest BCUT2D eigenvalue weighted by molar-refractivity contribution is 1.15. The fraction of sp³-hybridized carbons (Fsp3) is 0.556. The van der Waals surface area contributed by atoms with Gasteiger partial charge >= 0.3 is 0 Å². The zero-order chi connectivity index (χ0) is 7.56. The average Bonchev–Trinajstić information content (AvgIpc) is 2.36. The maximum Gasteiger partial charge on any atom is 0.000533 e. The van der Waals surface area contributed by atoms with E-state index in [0.29, 0.717) is 0 Å². The van der Waals surface area contributed by atoms with Crippen LogP contribution in [0.25, 0.3) is 0 Å². The van der Waals surface area contributed by atoms with E-state index in [9.17, 15) is 0 Å². The van der Waals surface area contributed by atoms with Crippen LogP contribution >= 0.6 is 7.92 Å². The molecule has 1 rings (SSSR count). The lowest BCUT2D eigenvalue weighted by Crippen LogP contribution is -1.99. The van der Waals surface area contributed by atoms with E-state index in [-0.39, 0.29) is 7.92 Å². The molecule has 56 valence electrons. The first-order valence-electron chi connectivity index (χ1n) is 3.75. The minimum Gasteiger partial charge on any atom is -0.106 e. The van der Waals surface area contributed by atoms with Gasteiger partial charge < -0.3 is 0 Å². The summed E-state index contributed by atoms with van der Waals surface area (Å²) in [6.45, 7) is 7.01. The van der Waals surface area contributed by atoms with Gasteiger partial charge in [-0.15, -0.1) is 7.92 Å². The molecule has 1 unspecified atom stereocenters. The van der Waals surface area contributed by atoms with Crippen molar-refractivity contribution < 1.29 is 0 Å². The SMILES string of the molecule is CC(C1=CCC=C1)P(C)C. The van der Waals surface area contributed by atoms with Crippen LogP contribution in [0.4, 0.5) is 0 Å². The molecule has 0 nitrogen and oxygen atoms in total. The Morgan fingerprint density at radius 1 is 1.50 bits per heavy atom. The fourth-order valence-electron chi connectivity index (χ4n) is 1.08. The van der Waals surface area contributed by atoms with Crippen molar-refractivity contribution in [2.24, 2.45) is 0 Å². The van der Waals surface area contributed by atoms with Crippen LogP contribution in [0.5, 0.6) is 0 Å². The molecule has 1 atom stereocenters. The van der Waals surface area contributed by atoms with Crippen molar-refractivity contribution in [3.63, 3.8) is 0 Å². The molecule has 0 aliphatic heterocycles. The zero-order valence-electron chi connectivity index (χ0n) is 6.96. The Morgan fingerprint density at radius 2 is 2.20 bits per heavy atom. The summed E-state index contributed by atoms with van der Waals surface area (Å²) in [7, 11) is 0.208. The molecule has 0 heterocycles. The van der Waals surface area contributed by atoms with E-state index < -0.39 is 0 Å². The average molecular weight is 154 g/mol. The summed E-state index contributed by atoms with van der Waals surface area (Å²) in [4.78, 5) is 0. The van der Waals surface area contributed by atoms with Gasteiger partial charge in [0.15, 0.2) is 0 Å². The minimum absolute atomic E-state index is 0.208. The zero-order valence-corrected chi connectivity index (χ0v) is 7.86. The van der Waals surface area contributed by atoms with Crippen LogP contribution < -0.4 is 0 Å². The van der Waals surface area contributed by atoms with E-state index in [0.717, 1.165) is 12.1 Å². The third kappa shape index (κ3) is 1.70. The van der Waals surface area contributed by atoms with Crippen LogP contribution in [0.2, 0.25) is 0 Å². The molecule has 0 spiro atoms. The van der Waals surface area contributed by atoms with Crippen LogP contribution in [0.3, 0.4) is 0 Å². The largest absolute Gasteiger partial charge is 0.106 e. The van der Waals surface area contributed by atoms with Gasteiger partial charge in [-0.3, -0.25) is 0 Å². The van der Waals surface area contributed by atoms with E-state index in [1.807, 2.05) is 0 Å². The monoisotopic (exact) mass is 154 g/mol. The Labute approximate surface area is 64.8 Å². The Bertz CT molecular complexity index is 166. The predicted molar refractivity (Wildman–Crippen MR) is 50.1 cm³/mol. The lowest BCUT2D eigenvalue weighted by Gasteiger charge is -2.15. The highest BCUT2D eigenvalue weighted by atomic mass is 31.1. The molecular formula is C9H15P. The summed E-state index contributed by atoms with van der Waals surface area (Å²) in [5.41, 5.74) is 2.35. The number of allylic oxidation sites excluding steroid dienone is 4. The van der Waals surface area contributed by atoms with Crippen LogP contribution in [-0.2, 0) is 0 Å². The molecule has 0 saturated heterocycles. The van der Waals surface area contributed by atoms with Gasteiger partial charge in [-0.2, -0.15) is 0 Å². The van der Waals surface area contributed by atoms with Crippen molar-refractivity contribution in [2.45, 2.75) is 19.0 Å². The summed E-state index contributed by atoms with van der Waals surface area (Å²) < 4.78 is 0. The summed E-state index contributed by atoms with van der Waals surface area (Å²) in [5.74, 6) is 0. The number of rotatable bonds is 2. The molecule has 0 N–H and O–H groups in total. The van der Waals surface area contributed by atoms with E-state index >= 15 is 0 Å². The fourth-order valence-corrected chi connectivity index (χ4v) is 1.87. The first-order chi connectivity index (χ1) is 4.72. The van der Waals surface area contributed by atoms with Crippen molar-refractivity contribution in [1.82, 2.24) is 0 Å². The molecule has 0 amide bonds. The van der Waals surface area contributed by atoms with Gasteiger partial charge in [-0.05, 0) is 25.3 Å². The first-order valence-corrected chi connectivity index (χ1v) is 6.05. The highest BCUT2D eigenvalue weighted by Crippen LogP contribution is 2.38. The van der Waals surface area contributed by atoms with Gasteiger partial charge in [0.2, 0.25) is 0 Å². The second kappa shape index (κ2) is 3.34. The third-order valence-electron chi connectivity index (χ3n) is 2.06. The molecule has 1 aliphatic rings. The molecule has 1 heteroatoms. The molecule has 0 aromatic heterocycles. The summed E-state index contributed by atoms with van der Waals surface area (Å²) in [5, 5.41) is 0. The van der Waals surface area contributed by atoms with Gasteiger partial charge in [-0.25, -0.2) is 0 Å². The molecule has 0 bridgehead atoms. The minimum atomic E-state index is 0.208. The molecule has 0 aromatic carbocycles. The van der Waals surface area contributed by atoms with Crippen molar-refractivity contribution in [3.05, 3.63) is 23.8 Å². The van der Waals surface area contributed by atoms with Crippen molar-refractivity contribution in [3.8, 4) is 0 Å². The van der Waals surface area contributed by atoms with E-state index in [1.165, 1.54) is 0 Å². The van der Waals surface area contributed by atoms with Crippen molar-refractivity contribution >= 4 is 7.92 Å². The van der Waals surface area contributed by atoms with Gasteiger partial charge in [0, 0.05) is 5.66 Å². The molecular weight excluding hydrogens is 139 g/mol. The van der Waals surface area contributed by atoms with E-state index in [2.05, 4.69) is 38.5 Å². The smallest absolute Gasteiger partial charge is 0.000533 e. The Kier molecular flexibility index (Phi) is 2.68. The van der Waals surface area contributed by atoms with Gasteiger partial charge in [0.05, 0.1) is 0 Å². The van der Waals surface area contributed by atoms with Crippen LogP contribution in [0.1, 0.15) is 13.3 Å². The normalized spacial score (nSPS) is 19.8. The topological polar surface area (TPSA) is 0 Å². The predicted octanol–water partition coefficient (Wildman–Crippen LogP) is 3.00. The molecule has 0 fully saturated rings.